The highest BCUT2D eigenvalue weighted by Crippen LogP contribution is 2.33. The van der Waals surface area contributed by atoms with Gasteiger partial charge in [0.05, 0.1) is 0 Å². The van der Waals surface area contributed by atoms with Crippen molar-refractivity contribution in [1.29, 1.82) is 0 Å². The van der Waals surface area contributed by atoms with E-state index in [1.807, 2.05) is 69.4 Å². The van der Waals surface area contributed by atoms with E-state index in [0.29, 0.717) is 10.5 Å². The average molecular weight is 711 g/mol. The van der Waals surface area contributed by atoms with Gasteiger partial charge in [0, 0.05) is 72.7 Å². The van der Waals surface area contributed by atoms with Crippen molar-refractivity contribution in [2.75, 3.05) is 23.0 Å². The molecule has 4 aromatic carbocycles. The summed E-state index contributed by atoms with van der Waals surface area (Å²) in [6.45, 7) is 0. The molecule has 0 heterocycles. The average Bonchev–Trinajstić information content (AvgIpc) is 2.97. The molecule has 0 amide bonds. The molecule has 0 aromatic heterocycles. The molecular formula is C30H30S10. The van der Waals surface area contributed by atoms with Crippen molar-refractivity contribution in [1.82, 2.24) is 0 Å². The lowest BCUT2D eigenvalue weighted by Gasteiger charge is -2.12. The minimum Gasteiger partial charge on any atom is -0.174 e. The number of thiol groups is 4. The van der Waals surface area contributed by atoms with Gasteiger partial charge in [-0.05, 0) is 97.1 Å². The summed E-state index contributed by atoms with van der Waals surface area (Å²) in [6, 6.07) is 34.1. The van der Waals surface area contributed by atoms with Gasteiger partial charge in [0.25, 0.3) is 0 Å². The molecular weight excluding hydrogens is 681 g/mol. The molecule has 0 bridgehead atoms. The van der Waals surface area contributed by atoms with Crippen molar-refractivity contribution < 1.29 is 0 Å². The minimum atomic E-state index is 0.358. The highest BCUT2D eigenvalue weighted by atomic mass is 33.1. The van der Waals surface area contributed by atoms with Crippen molar-refractivity contribution in [2.45, 2.75) is 49.7 Å². The van der Waals surface area contributed by atoms with Crippen LogP contribution in [0.1, 0.15) is 0 Å². The Labute approximate surface area is 286 Å². The van der Waals surface area contributed by atoms with Crippen molar-refractivity contribution in [2.24, 2.45) is 0 Å². The van der Waals surface area contributed by atoms with E-state index in [1.165, 1.54) is 29.4 Å². The largest absolute Gasteiger partial charge is 0.174 e. The van der Waals surface area contributed by atoms with Crippen molar-refractivity contribution in [3.63, 3.8) is 0 Å². The van der Waals surface area contributed by atoms with Gasteiger partial charge in [-0.15, -0.1) is 48.8 Å². The first-order valence-corrected chi connectivity index (χ1v) is 20.4. The van der Waals surface area contributed by atoms with Gasteiger partial charge in [0.15, 0.2) is 0 Å². The number of thioether (sulfide) groups is 2. The molecule has 0 saturated heterocycles. The lowest BCUT2D eigenvalue weighted by Crippen LogP contribution is -2.07. The zero-order valence-electron chi connectivity index (χ0n) is 21.5. The van der Waals surface area contributed by atoms with E-state index in [2.05, 4.69) is 98.1 Å². The second-order valence-electron chi connectivity index (χ2n) is 8.63. The minimum absolute atomic E-state index is 0.358. The Morgan fingerprint density at radius 3 is 1.00 bits per heavy atom. The highest BCUT2D eigenvalue weighted by molar-refractivity contribution is 8.76. The smallest absolute Gasteiger partial charge is 0.0210 e. The van der Waals surface area contributed by atoms with Gasteiger partial charge >= 0.3 is 0 Å². The van der Waals surface area contributed by atoms with Crippen LogP contribution >= 0.6 is 119 Å². The van der Waals surface area contributed by atoms with Crippen LogP contribution in [-0.4, -0.2) is 33.5 Å². The van der Waals surface area contributed by atoms with Crippen LogP contribution in [0.3, 0.4) is 0 Å². The van der Waals surface area contributed by atoms with Crippen LogP contribution in [0.15, 0.2) is 136 Å². The summed E-state index contributed by atoms with van der Waals surface area (Å²) in [6.07, 6.45) is 0. The first-order valence-electron chi connectivity index (χ1n) is 12.4. The van der Waals surface area contributed by atoms with Crippen LogP contribution in [0.5, 0.6) is 0 Å². The predicted molar refractivity (Wildman–Crippen MR) is 200 cm³/mol. The van der Waals surface area contributed by atoms with Crippen LogP contribution in [-0.2, 0) is 0 Å². The fourth-order valence-electron chi connectivity index (χ4n) is 3.24. The van der Waals surface area contributed by atoms with Crippen molar-refractivity contribution in [3.8, 4) is 0 Å². The second kappa shape index (κ2) is 18.2. The van der Waals surface area contributed by atoms with Gasteiger partial charge < -0.3 is 0 Å². The molecule has 4 aromatic rings. The summed E-state index contributed by atoms with van der Waals surface area (Å²) in [4.78, 5) is 9.51. The Kier molecular flexibility index (Phi) is 15.2. The van der Waals surface area contributed by atoms with E-state index in [1.54, 1.807) is 23.5 Å². The van der Waals surface area contributed by atoms with Crippen LogP contribution < -0.4 is 0 Å². The molecule has 2 atom stereocenters. The molecule has 0 radical (unpaired) electrons. The SMILES string of the molecule is Sc1ccc(Sc2ccc(SCC(S)CSSCC(S)CSc3ccc(Sc4ccc(S)cc4)cc3)cc2)cc1. The van der Waals surface area contributed by atoms with Gasteiger partial charge in [0.2, 0.25) is 0 Å². The van der Waals surface area contributed by atoms with E-state index < -0.39 is 0 Å². The number of hydrogen-bond donors (Lipinski definition) is 4. The van der Waals surface area contributed by atoms with E-state index in [0.717, 1.165) is 32.8 Å². The normalized spacial score (nSPS) is 12.8. The van der Waals surface area contributed by atoms with Crippen molar-refractivity contribution >= 4 is 119 Å². The summed E-state index contributed by atoms with van der Waals surface area (Å²) >= 11 is 25.6. The molecule has 0 saturated carbocycles. The third kappa shape index (κ3) is 12.5. The molecule has 0 nitrogen and oxygen atoms in total. The van der Waals surface area contributed by atoms with Gasteiger partial charge in [-0.1, -0.05) is 45.1 Å². The second-order valence-corrected chi connectivity index (χ2v) is 18.2. The van der Waals surface area contributed by atoms with Gasteiger partial charge in [-0.25, -0.2) is 0 Å². The van der Waals surface area contributed by atoms with Gasteiger partial charge in [-0.2, -0.15) is 25.3 Å². The Morgan fingerprint density at radius 1 is 0.400 bits per heavy atom. The van der Waals surface area contributed by atoms with Crippen molar-refractivity contribution in [3.05, 3.63) is 97.1 Å². The van der Waals surface area contributed by atoms with Gasteiger partial charge in [0.1, 0.15) is 0 Å². The molecule has 210 valence electrons. The Morgan fingerprint density at radius 2 is 0.675 bits per heavy atom. The maximum absolute atomic E-state index is 4.82. The molecule has 0 aliphatic rings. The maximum Gasteiger partial charge on any atom is 0.0210 e. The van der Waals surface area contributed by atoms with Crippen LogP contribution in [0.4, 0.5) is 0 Å². The third-order valence-corrected chi connectivity index (χ3v) is 14.5. The zero-order valence-corrected chi connectivity index (χ0v) is 29.9. The van der Waals surface area contributed by atoms with Crippen LogP contribution in [0, 0.1) is 0 Å². The topological polar surface area (TPSA) is 0 Å². The Hall–Kier alpha value is 0.380. The summed E-state index contributed by atoms with van der Waals surface area (Å²) in [5.74, 6) is 4.06. The molecule has 0 spiro atoms. The van der Waals surface area contributed by atoms with Gasteiger partial charge in [-0.3, -0.25) is 0 Å². The monoisotopic (exact) mass is 710 g/mol. The lowest BCUT2D eigenvalue weighted by atomic mass is 10.4. The molecule has 10 heteroatoms. The van der Waals surface area contributed by atoms with E-state index in [9.17, 15) is 0 Å². The molecule has 40 heavy (non-hydrogen) atoms. The summed E-state index contributed by atoms with van der Waals surface area (Å²) < 4.78 is 0. The summed E-state index contributed by atoms with van der Waals surface area (Å²) in [5.41, 5.74) is 0. The van der Waals surface area contributed by atoms with E-state index in [4.69, 9.17) is 25.3 Å². The zero-order chi connectivity index (χ0) is 28.2. The number of hydrogen-bond acceptors (Lipinski definition) is 10. The molecule has 2 unspecified atom stereocenters. The first kappa shape index (κ1) is 33.3. The fraction of sp³-hybridized carbons (Fsp3) is 0.200. The maximum atomic E-state index is 4.82. The Balaban J connectivity index is 1.06. The number of rotatable bonds is 15. The van der Waals surface area contributed by atoms with Crippen LogP contribution in [0.2, 0.25) is 0 Å². The van der Waals surface area contributed by atoms with E-state index >= 15 is 0 Å². The number of benzene rings is 4. The summed E-state index contributed by atoms with van der Waals surface area (Å²) in [7, 11) is 3.81. The van der Waals surface area contributed by atoms with E-state index in [-0.39, 0.29) is 0 Å². The first-order chi connectivity index (χ1) is 19.4. The quantitative estimate of drug-likeness (QED) is 0.0417. The highest BCUT2D eigenvalue weighted by Gasteiger charge is 2.09. The van der Waals surface area contributed by atoms with Crippen LogP contribution in [0.25, 0.3) is 0 Å². The molecule has 0 aliphatic heterocycles. The molecule has 4 rings (SSSR count). The third-order valence-electron chi connectivity index (χ3n) is 5.28. The molecule has 0 N–H and O–H groups in total. The molecule has 0 fully saturated rings. The fourth-order valence-corrected chi connectivity index (χ4v) is 10.9. The predicted octanol–water partition coefficient (Wildman–Crippen LogP) is 11.4. The lowest BCUT2D eigenvalue weighted by molar-refractivity contribution is 1.15. The molecule has 0 aliphatic carbocycles. The Bertz CT molecular complexity index is 1170. The summed E-state index contributed by atoms with van der Waals surface area (Å²) in [5, 5.41) is 0.715. The standard InChI is InChI=1S/C30H30S10/c31-21-1-5-27(6-2-21)39-29-13-9-25(10-14-29)35-17-23(33)19-37-38-20-24(34)18-36-26-11-15-30(16-12-26)40-28-7-3-22(32)4-8-28/h1-16,23-24,31-34H,17-20H2.